The number of nitro benzene ring substituents is 1. The van der Waals surface area contributed by atoms with Crippen LogP contribution in [0.15, 0.2) is 24.8 Å². The molecule has 0 aliphatic heterocycles. The van der Waals surface area contributed by atoms with Crippen LogP contribution in [0.4, 0.5) is 10.1 Å². The highest BCUT2D eigenvalue weighted by molar-refractivity contribution is 5.95. The maximum absolute atomic E-state index is 14.0. The van der Waals surface area contributed by atoms with Crippen LogP contribution in [-0.4, -0.2) is 28.8 Å². The molecule has 0 bridgehead atoms. The molecule has 0 aromatic heterocycles. The Balaban J connectivity index is 3.25. The minimum Gasteiger partial charge on any atom is -0.335 e. The van der Waals surface area contributed by atoms with E-state index in [1.54, 1.807) is 0 Å². The summed E-state index contributed by atoms with van der Waals surface area (Å²) in [5, 5.41) is 10.8. The molecule has 0 aliphatic rings. The molecule has 1 aromatic carbocycles. The van der Waals surface area contributed by atoms with E-state index in [-0.39, 0.29) is 23.4 Å². The van der Waals surface area contributed by atoms with Gasteiger partial charge in [-0.3, -0.25) is 14.9 Å². The second-order valence-corrected chi connectivity index (χ2v) is 4.42. The van der Waals surface area contributed by atoms with Gasteiger partial charge >= 0.3 is 0 Å². The van der Waals surface area contributed by atoms with Crippen LogP contribution in [0.2, 0.25) is 0 Å². The third kappa shape index (κ3) is 3.40. The van der Waals surface area contributed by atoms with Crippen LogP contribution < -0.4 is 0 Å². The number of amides is 1. The molecule has 1 amide bonds. The normalized spacial score (nSPS) is 10.2. The van der Waals surface area contributed by atoms with E-state index in [0.717, 1.165) is 12.1 Å². The van der Waals surface area contributed by atoms with Gasteiger partial charge in [0.05, 0.1) is 10.5 Å². The van der Waals surface area contributed by atoms with Crippen LogP contribution in [0, 0.1) is 22.9 Å². The van der Waals surface area contributed by atoms with E-state index in [0.29, 0.717) is 13.0 Å². The van der Waals surface area contributed by atoms with Crippen LogP contribution in [0.1, 0.15) is 29.3 Å². The fourth-order valence-electron chi connectivity index (χ4n) is 1.88. The number of halogens is 1. The summed E-state index contributed by atoms with van der Waals surface area (Å²) in [4.78, 5) is 23.9. The first kappa shape index (κ1) is 15.8. The van der Waals surface area contributed by atoms with Crippen LogP contribution in [-0.2, 0) is 0 Å². The van der Waals surface area contributed by atoms with Gasteiger partial charge in [0.25, 0.3) is 11.6 Å². The molecule has 5 nitrogen and oxygen atoms in total. The zero-order chi connectivity index (χ0) is 15.3. The van der Waals surface area contributed by atoms with Crippen molar-refractivity contribution in [1.29, 1.82) is 0 Å². The van der Waals surface area contributed by atoms with Crippen LogP contribution in [0.25, 0.3) is 0 Å². The lowest BCUT2D eigenvalue weighted by atomic mass is 10.1. The summed E-state index contributed by atoms with van der Waals surface area (Å²) in [5.41, 5.74) is -0.480. The van der Waals surface area contributed by atoms with Gasteiger partial charge in [-0.15, -0.1) is 6.58 Å². The molecule has 1 rings (SSSR count). The maximum atomic E-state index is 14.0. The molecule has 0 radical (unpaired) electrons. The van der Waals surface area contributed by atoms with Crippen molar-refractivity contribution in [3.8, 4) is 0 Å². The second kappa shape index (κ2) is 6.79. The predicted molar refractivity (Wildman–Crippen MR) is 74.2 cm³/mol. The van der Waals surface area contributed by atoms with Gasteiger partial charge in [-0.2, -0.15) is 0 Å². The highest BCUT2D eigenvalue weighted by Gasteiger charge is 2.23. The number of carbonyl (C=O) groups is 1. The number of benzene rings is 1. The summed E-state index contributed by atoms with van der Waals surface area (Å²) in [6, 6.07) is 2.10. The van der Waals surface area contributed by atoms with Crippen molar-refractivity contribution in [2.75, 3.05) is 13.1 Å². The van der Waals surface area contributed by atoms with Gasteiger partial charge in [0.2, 0.25) is 0 Å². The second-order valence-electron chi connectivity index (χ2n) is 4.42. The quantitative estimate of drug-likeness (QED) is 0.457. The summed E-state index contributed by atoms with van der Waals surface area (Å²) < 4.78 is 14.0. The van der Waals surface area contributed by atoms with Crippen molar-refractivity contribution in [2.24, 2.45) is 0 Å². The van der Waals surface area contributed by atoms with Crippen LogP contribution >= 0.6 is 0 Å². The number of aryl methyl sites for hydroxylation is 1. The Bertz CT molecular complexity index is 543. The average Bonchev–Trinajstić information content (AvgIpc) is 2.40. The largest absolute Gasteiger partial charge is 0.335 e. The SMILES string of the molecule is C=CCN(CCC)C(=O)c1cc([N+](=O)[O-])cc(C)c1F. The van der Waals surface area contributed by atoms with Crippen molar-refractivity contribution >= 4 is 11.6 Å². The summed E-state index contributed by atoms with van der Waals surface area (Å²) in [5.74, 6) is -1.28. The Morgan fingerprint density at radius 2 is 2.20 bits per heavy atom. The monoisotopic (exact) mass is 280 g/mol. The Hall–Kier alpha value is -2.24. The van der Waals surface area contributed by atoms with Crippen molar-refractivity contribution in [2.45, 2.75) is 20.3 Å². The molecule has 0 N–H and O–H groups in total. The summed E-state index contributed by atoms with van der Waals surface area (Å²) >= 11 is 0. The third-order valence-electron chi connectivity index (χ3n) is 2.81. The molecule has 20 heavy (non-hydrogen) atoms. The van der Waals surface area contributed by atoms with E-state index in [9.17, 15) is 19.3 Å². The molecule has 6 heteroatoms. The number of nitro groups is 1. The minimum atomic E-state index is -0.717. The van der Waals surface area contributed by atoms with Gasteiger partial charge in [0.1, 0.15) is 5.82 Å². The molecule has 0 fully saturated rings. The fraction of sp³-hybridized carbons (Fsp3) is 0.357. The number of non-ortho nitro benzene ring substituents is 1. The number of nitrogens with zero attached hydrogens (tertiary/aromatic N) is 2. The molecule has 108 valence electrons. The Kier molecular flexibility index (Phi) is 5.37. The molecule has 0 heterocycles. The Labute approximate surface area is 116 Å². The predicted octanol–water partition coefficient (Wildman–Crippen LogP) is 3.08. The van der Waals surface area contributed by atoms with Gasteiger partial charge in [0, 0.05) is 25.2 Å². The summed E-state index contributed by atoms with van der Waals surface area (Å²) in [6.07, 6.45) is 2.24. The first-order valence-corrected chi connectivity index (χ1v) is 6.27. The first-order valence-electron chi connectivity index (χ1n) is 6.27. The number of hydrogen-bond donors (Lipinski definition) is 0. The lowest BCUT2D eigenvalue weighted by Crippen LogP contribution is -2.32. The van der Waals surface area contributed by atoms with Gasteiger partial charge < -0.3 is 4.90 Å². The molecule has 0 saturated carbocycles. The highest BCUT2D eigenvalue weighted by Crippen LogP contribution is 2.22. The number of rotatable bonds is 6. The van der Waals surface area contributed by atoms with Crippen LogP contribution in [0.5, 0.6) is 0 Å². The Morgan fingerprint density at radius 1 is 1.55 bits per heavy atom. The molecule has 0 aliphatic carbocycles. The summed E-state index contributed by atoms with van der Waals surface area (Å²) in [7, 11) is 0. The molecule has 0 atom stereocenters. The molecular weight excluding hydrogens is 263 g/mol. The molecule has 1 aromatic rings. The summed E-state index contributed by atoms with van der Waals surface area (Å²) in [6.45, 7) is 7.54. The molecule has 0 spiro atoms. The number of hydrogen-bond acceptors (Lipinski definition) is 3. The minimum absolute atomic E-state index is 0.0811. The maximum Gasteiger partial charge on any atom is 0.270 e. The van der Waals surface area contributed by atoms with Gasteiger partial charge in [-0.1, -0.05) is 13.0 Å². The molecule has 0 saturated heterocycles. The van der Waals surface area contributed by atoms with E-state index in [1.165, 1.54) is 17.9 Å². The molecular formula is C14H17FN2O3. The number of carbonyl (C=O) groups excluding carboxylic acids is 1. The highest BCUT2D eigenvalue weighted by atomic mass is 19.1. The van der Waals surface area contributed by atoms with Gasteiger partial charge in [-0.25, -0.2) is 4.39 Å². The third-order valence-corrected chi connectivity index (χ3v) is 2.81. The van der Waals surface area contributed by atoms with Crippen molar-refractivity contribution in [1.82, 2.24) is 4.90 Å². The average molecular weight is 280 g/mol. The van der Waals surface area contributed by atoms with E-state index in [1.807, 2.05) is 6.92 Å². The zero-order valence-corrected chi connectivity index (χ0v) is 11.6. The first-order chi connectivity index (χ1) is 9.42. The lowest BCUT2D eigenvalue weighted by Gasteiger charge is -2.20. The van der Waals surface area contributed by atoms with E-state index in [2.05, 4.69) is 6.58 Å². The topological polar surface area (TPSA) is 63.5 Å². The lowest BCUT2D eigenvalue weighted by molar-refractivity contribution is -0.385. The standard InChI is InChI=1S/C14H17FN2O3/c1-4-6-16(7-5-2)14(18)12-9-11(17(19)20)8-10(3)13(12)15/h4,8-9H,1,5-7H2,2-3H3. The van der Waals surface area contributed by atoms with Crippen molar-refractivity contribution < 1.29 is 14.1 Å². The zero-order valence-electron chi connectivity index (χ0n) is 11.6. The van der Waals surface area contributed by atoms with E-state index in [4.69, 9.17) is 0 Å². The van der Waals surface area contributed by atoms with Crippen molar-refractivity contribution in [3.05, 3.63) is 51.8 Å². The van der Waals surface area contributed by atoms with Crippen molar-refractivity contribution in [3.63, 3.8) is 0 Å². The Morgan fingerprint density at radius 3 is 2.70 bits per heavy atom. The van der Waals surface area contributed by atoms with Gasteiger partial charge in [-0.05, 0) is 18.9 Å². The van der Waals surface area contributed by atoms with E-state index >= 15 is 0 Å². The fourth-order valence-corrected chi connectivity index (χ4v) is 1.88. The van der Waals surface area contributed by atoms with Crippen LogP contribution in [0.3, 0.4) is 0 Å². The van der Waals surface area contributed by atoms with E-state index < -0.39 is 16.6 Å². The molecule has 0 unspecified atom stereocenters. The van der Waals surface area contributed by atoms with Gasteiger partial charge in [0.15, 0.2) is 0 Å². The smallest absolute Gasteiger partial charge is 0.270 e.